The molecular formula is C17H26IN3O3. The Morgan fingerprint density at radius 1 is 1.25 bits per heavy atom. The zero-order chi connectivity index (χ0) is 16.1. The predicted molar refractivity (Wildman–Crippen MR) is 104 cm³/mol. The van der Waals surface area contributed by atoms with Gasteiger partial charge in [0.1, 0.15) is 0 Å². The average Bonchev–Trinajstić information content (AvgIpc) is 3.21. The van der Waals surface area contributed by atoms with Gasteiger partial charge in [0, 0.05) is 18.5 Å². The van der Waals surface area contributed by atoms with Crippen LogP contribution in [-0.4, -0.2) is 44.1 Å². The molecule has 7 heteroatoms. The van der Waals surface area contributed by atoms with Crippen LogP contribution < -0.4 is 20.1 Å². The van der Waals surface area contributed by atoms with E-state index in [-0.39, 0.29) is 36.0 Å². The van der Waals surface area contributed by atoms with E-state index in [0.29, 0.717) is 13.3 Å². The quantitative estimate of drug-likeness (QED) is 0.338. The van der Waals surface area contributed by atoms with Crippen molar-refractivity contribution in [2.24, 2.45) is 10.4 Å². The smallest absolute Gasteiger partial charge is 0.231 e. The molecule has 0 aromatic heterocycles. The van der Waals surface area contributed by atoms with Crippen LogP contribution in [0.25, 0.3) is 0 Å². The summed E-state index contributed by atoms with van der Waals surface area (Å²) in [6.45, 7) is 4.88. The van der Waals surface area contributed by atoms with Crippen LogP contribution >= 0.6 is 24.0 Å². The second kappa shape index (κ2) is 8.75. The van der Waals surface area contributed by atoms with E-state index in [4.69, 9.17) is 9.47 Å². The molecule has 1 aromatic rings. The molecule has 0 saturated heterocycles. The maximum atomic E-state index is 9.37. The number of hydrogen-bond acceptors (Lipinski definition) is 4. The number of fused-ring (bicyclic) bond motifs is 1. The fourth-order valence-corrected chi connectivity index (χ4v) is 2.55. The fourth-order valence-electron chi connectivity index (χ4n) is 2.55. The molecule has 0 atom stereocenters. The van der Waals surface area contributed by atoms with Gasteiger partial charge in [-0.05, 0) is 43.9 Å². The monoisotopic (exact) mass is 447 g/mol. The second-order valence-electron chi connectivity index (χ2n) is 6.22. The minimum Gasteiger partial charge on any atom is -0.454 e. The lowest BCUT2D eigenvalue weighted by Crippen LogP contribution is -2.38. The summed E-state index contributed by atoms with van der Waals surface area (Å²) >= 11 is 0. The summed E-state index contributed by atoms with van der Waals surface area (Å²) in [5.74, 6) is 2.45. The van der Waals surface area contributed by atoms with Crippen LogP contribution in [0, 0.1) is 5.41 Å². The van der Waals surface area contributed by atoms with Crippen LogP contribution in [0.1, 0.15) is 25.3 Å². The van der Waals surface area contributed by atoms with Gasteiger partial charge >= 0.3 is 0 Å². The molecule has 6 nitrogen and oxygen atoms in total. The number of aliphatic hydroxyl groups is 1. The van der Waals surface area contributed by atoms with E-state index >= 15 is 0 Å². The van der Waals surface area contributed by atoms with E-state index in [1.165, 1.54) is 5.56 Å². The molecule has 1 fully saturated rings. The summed E-state index contributed by atoms with van der Waals surface area (Å²) in [4.78, 5) is 4.60. The zero-order valence-electron chi connectivity index (χ0n) is 14.0. The molecule has 1 aliphatic heterocycles. The first-order chi connectivity index (χ1) is 11.2. The van der Waals surface area contributed by atoms with Crippen molar-refractivity contribution in [2.75, 3.05) is 33.0 Å². The molecule has 3 rings (SSSR count). The van der Waals surface area contributed by atoms with Crippen LogP contribution in [0.4, 0.5) is 0 Å². The SMILES string of the molecule is CCNC(=NCC1(CO)CC1)NCCc1ccc2c(c1)OCO2.I. The maximum Gasteiger partial charge on any atom is 0.231 e. The molecule has 0 amide bonds. The van der Waals surface area contributed by atoms with Crippen molar-refractivity contribution in [1.82, 2.24) is 10.6 Å². The van der Waals surface area contributed by atoms with Gasteiger partial charge in [-0.2, -0.15) is 0 Å². The Morgan fingerprint density at radius 2 is 2.04 bits per heavy atom. The Labute approximate surface area is 160 Å². The number of hydrogen-bond donors (Lipinski definition) is 3. The van der Waals surface area contributed by atoms with Crippen LogP contribution in [-0.2, 0) is 6.42 Å². The fraction of sp³-hybridized carbons (Fsp3) is 0.588. The van der Waals surface area contributed by atoms with E-state index in [1.54, 1.807) is 0 Å². The molecule has 3 N–H and O–H groups in total. The molecular weight excluding hydrogens is 421 g/mol. The van der Waals surface area contributed by atoms with Gasteiger partial charge in [-0.25, -0.2) is 0 Å². The summed E-state index contributed by atoms with van der Waals surface area (Å²) in [5.41, 5.74) is 1.24. The summed E-state index contributed by atoms with van der Waals surface area (Å²) in [6.07, 6.45) is 3.03. The Bertz CT molecular complexity index is 576. The molecule has 1 heterocycles. The first-order valence-corrected chi connectivity index (χ1v) is 8.26. The molecule has 1 aromatic carbocycles. The van der Waals surface area contributed by atoms with Gasteiger partial charge in [0.25, 0.3) is 0 Å². The number of ether oxygens (including phenoxy) is 2. The predicted octanol–water partition coefficient (Wildman–Crippen LogP) is 1.90. The number of rotatable bonds is 7. The average molecular weight is 447 g/mol. The second-order valence-corrected chi connectivity index (χ2v) is 6.22. The van der Waals surface area contributed by atoms with Crippen molar-refractivity contribution in [3.63, 3.8) is 0 Å². The first-order valence-electron chi connectivity index (χ1n) is 8.26. The number of aliphatic hydroxyl groups excluding tert-OH is 1. The van der Waals surface area contributed by atoms with Gasteiger partial charge in [-0.3, -0.25) is 4.99 Å². The van der Waals surface area contributed by atoms with Gasteiger partial charge < -0.3 is 25.2 Å². The first kappa shape index (κ1) is 19.1. The number of nitrogens with one attached hydrogen (secondary N) is 2. The normalized spacial score (nSPS) is 17.2. The molecule has 134 valence electrons. The van der Waals surface area contributed by atoms with Gasteiger partial charge in [0.05, 0.1) is 13.2 Å². The third-order valence-electron chi connectivity index (χ3n) is 4.35. The lowest BCUT2D eigenvalue weighted by Gasteiger charge is -2.13. The topological polar surface area (TPSA) is 75.1 Å². The maximum absolute atomic E-state index is 9.37. The molecule has 1 saturated carbocycles. The molecule has 0 unspecified atom stereocenters. The number of halogens is 1. The molecule has 0 bridgehead atoms. The van der Waals surface area contributed by atoms with E-state index in [9.17, 15) is 5.11 Å². The third-order valence-corrected chi connectivity index (χ3v) is 4.35. The Hall–Kier alpha value is -1.22. The van der Waals surface area contributed by atoms with Crippen molar-refractivity contribution in [2.45, 2.75) is 26.2 Å². The lowest BCUT2D eigenvalue weighted by molar-refractivity contribution is 0.174. The van der Waals surface area contributed by atoms with E-state index in [1.807, 2.05) is 19.1 Å². The lowest BCUT2D eigenvalue weighted by atomic mass is 10.1. The third kappa shape index (κ3) is 4.89. The van der Waals surface area contributed by atoms with E-state index in [0.717, 1.165) is 49.8 Å². The Kier molecular flexibility index (Phi) is 6.97. The Balaban J connectivity index is 0.00000208. The molecule has 2 aliphatic rings. The van der Waals surface area contributed by atoms with Crippen LogP contribution in [0.2, 0.25) is 0 Å². The highest BCUT2D eigenvalue weighted by molar-refractivity contribution is 14.0. The summed E-state index contributed by atoms with van der Waals surface area (Å²) in [5, 5.41) is 16.0. The number of nitrogens with zero attached hydrogens (tertiary/aromatic N) is 1. The molecule has 0 spiro atoms. The highest BCUT2D eigenvalue weighted by Crippen LogP contribution is 2.45. The number of aliphatic imine (C=N–C) groups is 1. The Morgan fingerprint density at radius 3 is 2.75 bits per heavy atom. The molecule has 1 aliphatic carbocycles. The van der Waals surface area contributed by atoms with Crippen molar-refractivity contribution < 1.29 is 14.6 Å². The van der Waals surface area contributed by atoms with E-state index in [2.05, 4.69) is 21.7 Å². The summed E-state index contributed by atoms with van der Waals surface area (Å²) in [7, 11) is 0. The van der Waals surface area contributed by atoms with Gasteiger partial charge in [-0.15, -0.1) is 24.0 Å². The van der Waals surface area contributed by atoms with Gasteiger partial charge in [0.15, 0.2) is 17.5 Å². The van der Waals surface area contributed by atoms with Crippen LogP contribution in [0.15, 0.2) is 23.2 Å². The number of benzene rings is 1. The minimum atomic E-state index is 0. The van der Waals surface area contributed by atoms with Crippen LogP contribution in [0.5, 0.6) is 11.5 Å². The largest absolute Gasteiger partial charge is 0.454 e. The molecule has 0 radical (unpaired) electrons. The highest BCUT2D eigenvalue weighted by atomic mass is 127. The minimum absolute atomic E-state index is 0. The number of guanidine groups is 1. The van der Waals surface area contributed by atoms with Gasteiger partial charge in [-0.1, -0.05) is 6.07 Å². The highest BCUT2D eigenvalue weighted by Gasteiger charge is 2.41. The summed E-state index contributed by atoms with van der Waals surface area (Å²) < 4.78 is 10.7. The summed E-state index contributed by atoms with van der Waals surface area (Å²) in [6, 6.07) is 6.04. The van der Waals surface area contributed by atoms with Crippen molar-refractivity contribution in [3.05, 3.63) is 23.8 Å². The standard InChI is InChI=1S/C17H25N3O3.HI/c1-2-18-16(20-10-17(11-21)6-7-17)19-8-5-13-3-4-14-15(9-13)23-12-22-14;/h3-4,9,21H,2,5-8,10-12H2,1H3,(H2,18,19,20);1H. The van der Waals surface area contributed by atoms with Crippen molar-refractivity contribution in [3.8, 4) is 11.5 Å². The zero-order valence-corrected chi connectivity index (χ0v) is 16.3. The van der Waals surface area contributed by atoms with Crippen molar-refractivity contribution in [1.29, 1.82) is 0 Å². The van der Waals surface area contributed by atoms with Crippen LogP contribution in [0.3, 0.4) is 0 Å². The molecule has 24 heavy (non-hydrogen) atoms. The van der Waals surface area contributed by atoms with Crippen molar-refractivity contribution >= 4 is 29.9 Å². The van der Waals surface area contributed by atoms with E-state index < -0.39 is 0 Å². The van der Waals surface area contributed by atoms with Gasteiger partial charge in [0.2, 0.25) is 6.79 Å².